The summed E-state index contributed by atoms with van der Waals surface area (Å²) in [5.41, 5.74) is 5.79. The minimum atomic E-state index is -0.426. The highest BCUT2D eigenvalue weighted by Crippen LogP contribution is 2.17. The number of hydrogen-bond donors (Lipinski definition) is 3. The van der Waals surface area contributed by atoms with Crippen molar-refractivity contribution in [1.29, 1.82) is 0 Å². The molecule has 0 unspecified atom stereocenters. The van der Waals surface area contributed by atoms with Crippen LogP contribution in [0.1, 0.15) is 28.5 Å². The first kappa shape index (κ1) is 14.8. The number of benzene rings is 1. The van der Waals surface area contributed by atoms with Crippen molar-refractivity contribution in [2.24, 2.45) is 5.10 Å². The summed E-state index contributed by atoms with van der Waals surface area (Å²) in [4.78, 5) is 15.1. The van der Waals surface area contributed by atoms with Crippen LogP contribution in [0.4, 0.5) is 5.82 Å². The highest BCUT2D eigenvalue weighted by molar-refractivity contribution is 5.96. The number of rotatable bonds is 5. The summed E-state index contributed by atoms with van der Waals surface area (Å²) in [6.45, 7) is 3.83. The van der Waals surface area contributed by atoms with E-state index in [9.17, 15) is 4.79 Å². The maximum absolute atomic E-state index is 11.9. The van der Waals surface area contributed by atoms with E-state index in [1.165, 1.54) is 0 Å². The number of nitrogens with zero attached hydrogens (tertiary/aromatic N) is 2. The summed E-state index contributed by atoms with van der Waals surface area (Å²) in [5, 5.41) is 12.0. The predicted molar refractivity (Wildman–Crippen MR) is 88.8 cm³/mol. The average Bonchev–Trinajstić information content (AvgIpc) is 3.13. The Kier molecular flexibility index (Phi) is 4.09. The zero-order valence-electron chi connectivity index (χ0n) is 12.9. The molecule has 0 aliphatic carbocycles. The highest BCUT2D eigenvalue weighted by atomic mass is 16.5. The van der Waals surface area contributed by atoms with Gasteiger partial charge in [0, 0.05) is 17.4 Å². The molecule has 3 N–H and O–H groups in total. The van der Waals surface area contributed by atoms with Gasteiger partial charge in [-0.05, 0) is 43.0 Å². The summed E-state index contributed by atoms with van der Waals surface area (Å²) in [5.74, 6) is -0.0786. The molecule has 0 aliphatic heterocycles. The molecule has 0 radical (unpaired) electrons. The van der Waals surface area contributed by atoms with Crippen molar-refractivity contribution in [2.75, 3.05) is 12.0 Å². The first-order chi connectivity index (χ1) is 11.2. The van der Waals surface area contributed by atoms with Crippen LogP contribution in [-0.4, -0.2) is 34.0 Å². The molecule has 0 saturated carbocycles. The summed E-state index contributed by atoms with van der Waals surface area (Å²) in [6.07, 6.45) is 3.56. The van der Waals surface area contributed by atoms with Crippen molar-refractivity contribution in [3.63, 3.8) is 0 Å². The van der Waals surface area contributed by atoms with E-state index in [0.717, 1.165) is 16.5 Å². The monoisotopic (exact) mass is 311 g/mol. The number of aromatic amines is 2. The smallest absolute Gasteiger partial charge is 0.343 e. The predicted octanol–water partition coefficient (Wildman–Crippen LogP) is 2.82. The van der Waals surface area contributed by atoms with Crippen LogP contribution in [0, 0.1) is 6.92 Å². The SMILES string of the molecule is CCOC(=O)c1c(N/N=C/c2ccc3[nH]ccc3c2)n[nH]c1C. The van der Waals surface area contributed by atoms with Crippen LogP contribution in [-0.2, 0) is 4.74 Å². The van der Waals surface area contributed by atoms with E-state index < -0.39 is 5.97 Å². The van der Waals surface area contributed by atoms with E-state index in [-0.39, 0.29) is 0 Å². The highest BCUT2D eigenvalue weighted by Gasteiger charge is 2.18. The fourth-order valence-electron chi connectivity index (χ4n) is 2.28. The number of carbonyl (C=O) groups is 1. The molecule has 3 rings (SSSR count). The Balaban J connectivity index is 1.76. The Morgan fingerprint density at radius 1 is 1.43 bits per heavy atom. The molecule has 3 aromatic rings. The van der Waals surface area contributed by atoms with E-state index in [2.05, 4.69) is 25.7 Å². The largest absolute Gasteiger partial charge is 0.462 e. The Labute approximate surface area is 132 Å². The van der Waals surface area contributed by atoms with Crippen LogP contribution >= 0.6 is 0 Å². The molecule has 2 aromatic heterocycles. The van der Waals surface area contributed by atoms with Crippen molar-refractivity contribution < 1.29 is 9.53 Å². The second-order valence-electron chi connectivity index (χ2n) is 4.99. The van der Waals surface area contributed by atoms with Crippen LogP contribution < -0.4 is 5.43 Å². The Hall–Kier alpha value is -3.09. The number of esters is 1. The van der Waals surface area contributed by atoms with Gasteiger partial charge in [-0.1, -0.05) is 6.07 Å². The zero-order chi connectivity index (χ0) is 16.2. The molecule has 118 valence electrons. The third kappa shape index (κ3) is 3.08. The molecule has 0 atom stereocenters. The third-order valence-electron chi connectivity index (χ3n) is 3.39. The lowest BCUT2D eigenvalue weighted by atomic mass is 10.2. The number of nitrogens with one attached hydrogen (secondary N) is 3. The fraction of sp³-hybridized carbons (Fsp3) is 0.188. The Morgan fingerprint density at radius 3 is 3.13 bits per heavy atom. The lowest BCUT2D eigenvalue weighted by Crippen LogP contribution is -2.08. The molecule has 0 amide bonds. The molecular formula is C16H17N5O2. The van der Waals surface area contributed by atoms with Crippen LogP contribution in [0.25, 0.3) is 10.9 Å². The second kappa shape index (κ2) is 6.35. The zero-order valence-corrected chi connectivity index (χ0v) is 12.9. The lowest BCUT2D eigenvalue weighted by molar-refractivity contribution is 0.0526. The van der Waals surface area contributed by atoms with Gasteiger partial charge >= 0.3 is 5.97 Å². The number of ether oxygens (including phenoxy) is 1. The van der Waals surface area contributed by atoms with Crippen LogP contribution in [0.3, 0.4) is 0 Å². The molecule has 1 aromatic carbocycles. The molecule has 0 spiro atoms. The number of aryl methyl sites for hydroxylation is 1. The molecular weight excluding hydrogens is 294 g/mol. The second-order valence-corrected chi connectivity index (χ2v) is 4.99. The maximum Gasteiger partial charge on any atom is 0.343 e. The van der Waals surface area contributed by atoms with Gasteiger partial charge in [0.1, 0.15) is 5.56 Å². The standard InChI is InChI=1S/C16H17N5O2/c1-3-23-16(22)14-10(2)19-21-15(14)20-18-9-11-4-5-13-12(8-11)6-7-17-13/h4-9,17H,3H2,1-2H3,(H2,19,20,21)/b18-9+. The third-order valence-corrected chi connectivity index (χ3v) is 3.39. The van der Waals surface area contributed by atoms with Crippen molar-refractivity contribution in [3.05, 3.63) is 47.3 Å². The number of hydrazone groups is 1. The normalized spacial score (nSPS) is 11.2. The molecule has 23 heavy (non-hydrogen) atoms. The number of anilines is 1. The molecule has 0 aliphatic rings. The van der Waals surface area contributed by atoms with Crippen LogP contribution in [0.5, 0.6) is 0 Å². The van der Waals surface area contributed by atoms with E-state index in [0.29, 0.717) is 23.7 Å². The minimum absolute atomic E-state index is 0.308. The molecule has 2 heterocycles. The van der Waals surface area contributed by atoms with Gasteiger partial charge in [-0.15, -0.1) is 0 Å². The molecule has 0 bridgehead atoms. The van der Waals surface area contributed by atoms with Gasteiger partial charge < -0.3 is 9.72 Å². The molecule has 7 heteroatoms. The number of hydrogen-bond acceptors (Lipinski definition) is 5. The fourth-order valence-corrected chi connectivity index (χ4v) is 2.28. The van der Waals surface area contributed by atoms with Gasteiger partial charge in [-0.25, -0.2) is 4.79 Å². The van der Waals surface area contributed by atoms with Crippen molar-refractivity contribution in [1.82, 2.24) is 15.2 Å². The van der Waals surface area contributed by atoms with Gasteiger partial charge in [-0.3, -0.25) is 10.5 Å². The maximum atomic E-state index is 11.9. The van der Waals surface area contributed by atoms with Crippen LogP contribution in [0.2, 0.25) is 0 Å². The average molecular weight is 311 g/mol. The lowest BCUT2D eigenvalue weighted by Gasteiger charge is -2.02. The number of H-pyrrole nitrogens is 2. The quantitative estimate of drug-likeness (QED) is 0.383. The van der Waals surface area contributed by atoms with Gasteiger partial charge in [0.15, 0.2) is 5.82 Å². The van der Waals surface area contributed by atoms with Gasteiger partial charge in [0.25, 0.3) is 0 Å². The van der Waals surface area contributed by atoms with Gasteiger partial charge in [0.05, 0.1) is 12.8 Å². The summed E-state index contributed by atoms with van der Waals surface area (Å²) < 4.78 is 5.02. The topological polar surface area (TPSA) is 95.2 Å². The van der Waals surface area contributed by atoms with Crippen molar-refractivity contribution in [3.8, 4) is 0 Å². The van der Waals surface area contributed by atoms with Crippen molar-refractivity contribution >= 4 is 28.9 Å². The van der Waals surface area contributed by atoms with Gasteiger partial charge in [0.2, 0.25) is 0 Å². The number of aromatic nitrogens is 3. The minimum Gasteiger partial charge on any atom is -0.462 e. The Bertz CT molecular complexity index is 862. The molecule has 0 fully saturated rings. The summed E-state index contributed by atoms with van der Waals surface area (Å²) in [6, 6.07) is 7.95. The van der Waals surface area contributed by atoms with Gasteiger partial charge in [-0.2, -0.15) is 10.2 Å². The van der Waals surface area contributed by atoms with E-state index in [4.69, 9.17) is 4.74 Å². The number of carbonyl (C=O) groups excluding carboxylic acids is 1. The molecule has 7 nitrogen and oxygen atoms in total. The van der Waals surface area contributed by atoms with E-state index >= 15 is 0 Å². The van der Waals surface area contributed by atoms with Crippen molar-refractivity contribution in [2.45, 2.75) is 13.8 Å². The first-order valence-corrected chi connectivity index (χ1v) is 7.27. The first-order valence-electron chi connectivity index (χ1n) is 7.27. The van der Waals surface area contributed by atoms with E-state index in [1.807, 2.05) is 30.5 Å². The number of fused-ring (bicyclic) bond motifs is 1. The Morgan fingerprint density at radius 2 is 2.30 bits per heavy atom. The molecule has 0 saturated heterocycles. The summed E-state index contributed by atoms with van der Waals surface area (Å²) >= 11 is 0. The van der Waals surface area contributed by atoms with E-state index in [1.54, 1.807) is 20.1 Å². The summed E-state index contributed by atoms with van der Waals surface area (Å²) in [7, 11) is 0. The van der Waals surface area contributed by atoms with Crippen LogP contribution in [0.15, 0.2) is 35.6 Å².